The number of carbonyl (C=O) groups is 1. The van der Waals surface area contributed by atoms with Crippen molar-refractivity contribution in [2.24, 2.45) is 0 Å². The minimum Gasteiger partial charge on any atom is -0.494 e. The first-order valence-electron chi connectivity index (χ1n) is 10.7. The van der Waals surface area contributed by atoms with Gasteiger partial charge in [-0.1, -0.05) is 61.9 Å². The summed E-state index contributed by atoms with van der Waals surface area (Å²) in [6, 6.07) is 27.4. The number of benzene rings is 3. The highest BCUT2D eigenvalue weighted by molar-refractivity contribution is 6.05. The zero-order chi connectivity index (χ0) is 21.5. The second-order valence-corrected chi connectivity index (χ2v) is 7.44. The molecule has 156 valence electrons. The summed E-state index contributed by atoms with van der Waals surface area (Å²) in [5.74, 6) is 1.32. The van der Waals surface area contributed by atoms with Gasteiger partial charge in [0.05, 0.1) is 13.2 Å². The molecule has 1 amide bonds. The van der Waals surface area contributed by atoms with Crippen LogP contribution in [0.15, 0.2) is 91.1 Å². The fourth-order valence-electron chi connectivity index (χ4n) is 3.55. The van der Waals surface area contributed by atoms with Crippen molar-refractivity contribution >= 4 is 22.5 Å². The predicted octanol–water partition coefficient (Wildman–Crippen LogP) is 6.26. The molecule has 1 heterocycles. The number of hydrogen-bond acceptors (Lipinski definition) is 3. The number of fused-ring (bicyclic) bond motifs is 1. The monoisotopic (exact) mass is 410 g/mol. The molecule has 0 fully saturated rings. The van der Waals surface area contributed by atoms with Crippen LogP contribution >= 0.6 is 0 Å². The lowest BCUT2D eigenvalue weighted by Gasteiger charge is -2.23. The molecule has 4 heteroatoms. The standard InChI is InChI=1S/C27H26N2O2/c1-2-3-19-31-24-16-14-22(15-17-24)27(30)29(26-13-6-7-18-28-26)20-23-11-8-10-21-9-4-5-12-25(21)23/h4-18H,2-3,19-20H2,1H3. The topological polar surface area (TPSA) is 42.4 Å². The van der Waals surface area contributed by atoms with Gasteiger partial charge in [-0.2, -0.15) is 0 Å². The summed E-state index contributed by atoms with van der Waals surface area (Å²) in [6.07, 6.45) is 3.81. The predicted molar refractivity (Wildman–Crippen MR) is 126 cm³/mol. The number of nitrogens with zero attached hydrogens (tertiary/aromatic N) is 2. The van der Waals surface area contributed by atoms with E-state index >= 15 is 0 Å². The van der Waals surface area contributed by atoms with E-state index in [9.17, 15) is 4.79 Å². The molecule has 0 radical (unpaired) electrons. The Kier molecular flexibility index (Phi) is 6.58. The summed E-state index contributed by atoms with van der Waals surface area (Å²) >= 11 is 0. The molecule has 1 aromatic heterocycles. The van der Waals surface area contributed by atoms with Gasteiger partial charge in [0.15, 0.2) is 0 Å². The Hall–Kier alpha value is -3.66. The van der Waals surface area contributed by atoms with Crippen LogP contribution in [-0.2, 0) is 6.54 Å². The smallest absolute Gasteiger partial charge is 0.259 e. The Bertz CT molecular complexity index is 1140. The molecule has 0 aliphatic heterocycles. The highest BCUT2D eigenvalue weighted by Crippen LogP contribution is 2.24. The van der Waals surface area contributed by atoms with Gasteiger partial charge in [-0.3, -0.25) is 9.69 Å². The number of pyridine rings is 1. The van der Waals surface area contributed by atoms with Gasteiger partial charge >= 0.3 is 0 Å². The molecule has 3 aromatic carbocycles. The maximum Gasteiger partial charge on any atom is 0.259 e. The maximum absolute atomic E-state index is 13.5. The van der Waals surface area contributed by atoms with Gasteiger partial charge in [-0.15, -0.1) is 0 Å². The summed E-state index contributed by atoms with van der Waals surface area (Å²) in [5.41, 5.74) is 1.69. The van der Waals surface area contributed by atoms with Crippen LogP contribution in [0.5, 0.6) is 5.75 Å². The summed E-state index contributed by atoms with van der Waals surface area (Å²) in [4.78, 5) is 19.7. The zero-order valence-electron chi connectivity index (χ0n) is 17.7. The van der Waals surface area contributed by atoms with Gasteiger partial charge in [-0.05, 0) is 59.2 Å². The van der Waals surface area contributed by atoms with Gasteiger partial charge < -0.3 is 4.74 Å². The van der Waals surface area contributed by atoms with Gasteiger partial charge in [0.2, 0.25) is 0 Å². The van der Waals surface area contributed by atoms with E-state index in [1.54, 1.807) is 11.1 Å². The van der Waals surface area contributed by atoms with Crippen molar-refractivity contribution in [2.75, 3.05) is 11.5 Å². The van der Waals surface area contributed by atoms with E-state index < -0.39 is 0 Å². The van der Waals surface area contributed by atoms with E-state index in [1.807, 2.05) is 60.7 Å². The van der Waals surface area contributed by atoms with Crippen molar-refractivity contribution in [3.8, 4) is 5.75 Å². The van der Waals surface area contributed by atoms with Crippen LogP contribution in [0.4, 0.5) is 5.82 Å². The lowest BCUT2D eigenvalue weighted by Crippen LogP contribution is -2.31. The Morgan fingerprint density at radius 2 is 1.68 bits per heavy atom. The molecule has 0 unspecified atom stereocenters. The molecular formula is C27H26N2O2. The van der Waals surface area contributed by atoms with Crippen molar-refractivity contribution in [2.45, 2.75) is 26.3 Å². The first-order valence-corrected chi connectivity index (χ1v) is 10.7. The van der Waals surface area contributed by atoms with E-state index in [1.165, 1.54) is 0 Å². The van der Waals surface area contributed by atoms with Gasteiger partial charge in [0, 0.05) is 11.8 Å². The molecule has 31 heavy (non-hydrogen) atoms. The third-order valence-electron chi connectivity index (χ3n) is 5.25. The van der Waals surface area contributed by atoms with Gasteiger partial charge in [-0.25, -0.2) is 4.98 Å². The normalized spacial score (nSPS) is 10.7. The minimum absolute atomic E-state index is 0.0910. The van der Waals surface area contributed by atoms with Crippen molar-refractivity contribution in [1.29, 1.82) is 0 Å². The van der Waals surface area contributed by atoms with Crippen LogP contribution < -0.4 is 9.64 Å². The van der Waals surface area contributed by atoms with Crippen LogP contribution in [0, 0.1) is 0 Å². The van der Waals surface area contributed by atoms with Gasteiger partial charge in [0.25, 0.3) is 5.91 Å². The van der Waals surface area contributed by atoms with Crippen LogP contribution in [0.3, 0.4) is 0 Å². The van der Waals surface area contributed by atoms with Crippen molar-refractivity contribution in [3.63, 3.8) is 0 Å². The van der Waals surface area contributed by atoms with E-state index in [2.05, 4.69) is 36.2 Å². The molecule has 4 nitrogen and oxygen atoms in total. The molecule has 0 aliphatic rings. The number of unbranched alkanes of at least 4 members (excludes halogenated alkanes) is 1. The average Bonchev–Trinajstić information content (AvgIpc) is 2.83. The Morgan fingerprint density at radius 1 is 0.903 bits per heavy atom. The second-order valence-electron chi connectivity index (χ2n) is 7.44. The number of ether oxygens (including phenoxy) is 1. The van der Waals surface area contributed by atoms with Crippen molar-refractivity contribution in [1.82, 2.24) is 4.98 Å². The fourth-order valence-corrected chi connectivity index (χ4v) is 3.55. The molecule has 4 rings (SSSR count). The first kappa shape index (κ1) is 20.6. The molecule has 0 N–H and O–H groups in total. The summed E-state index contributed by atoms with van der Waals surface area (Å²) in [5, 5.41) is 2.29. The second kappa shape index (κ2) is 9.90. The van der Waals surface area contributed by atoms with E-state index in [4.69, 9.17) is 4.74 Å². The van der Waals surface area contributed by atoms with Crippen LogP contribution in [-0.4, -0.2) is 17.5 Å². The summed E-state index contributed by atoms with van der Waals surface area (Å²) in [6.45, 7) is 3.25. The third-order valence-corrected chi connectivity index (χ3v) is 5.25. The number of anilines is 1. The van der Waals surface area contributed by atoms with E-state index in [0.717, 1.165) is 34.9 Å². The lowest BCUT2D eigenvalue weighted by atomic mass is 10.0. The lowest BCUT2D eigenvalue weighted by molar-refractivity contribution is 0.0984. The number of amides is 1. The molecular weight excluding hydrogens is 384 g/mol. The summed E-state index contributed by atoms with van der Waals surface area (Å²) in [7, 11) is 0. The van der Waals surface area contributed by atoms with Crippen LogP contribution in [0.2, 0.25) is 0 Å². The average molecular weight is 411 g/mol. The zero-order valence-corrected chi connectivity index (χ0v) is 17.7. The Labute approximate surface area is 183 Å². The van der Waals surface area contributed by atoms with Crippen molar-refractivity contribution < 1.29 is 9.53 Å². The van der Waals surface area contributed by atoms with E-state index in [0.29, 0.717) is 24.5 Å². The minimum atomic E-state index is -0.0910. The molecule has 0 aliphatic carbocycles. The summed E-state index contributed by atoms with van der Waals surface area (Å²) < 4.78 is 5.73. The highest BCUT2D eigenvalue weighted by Gasteiger charge is 2.20. The third kappa shape index (κ3) is 4.92. The maximum atomic E-state index is 13.5. The Balaban J connectivity index is 1.63. The number of aromatic nitrogens is 1. The molecule has 0 atom stereocenters. The largest absolute Gasteiger partial charge is 0.494 e. The fraction of sp³-hybridized carbons (Fsp3) is 0.185. The first-order chi connectivity index (χ1) is 15.3. The number of hydrogen-bond donors (Lipinski definition) is 0. The number of rotatable bonds is 8. The number of carbonyl (C=O) groups excluding carboxylic acids is 1. The van der Waals surface area contributed by atoms with Gasteiger partial charge in [0.1, 0.15) is 11.6 Å². The molecule has 4 aromatic rings. The highest BCUT2D eigenvalue weighted by atomic mass is 16.5. The van der Waals surface area contributed by atoms with Crippen LogP contribution in [0.25, 0.3) is 10.8 Å². The van der Waals surface area contributed by atoms with Crippen LogP contribution in [0.1, 0.15) is 35.7 Å². The molecule has 0 saturated carbocycles. The SMILES string of the molecule is CCCCOc1ccc(C(=O)N(Cc2cccc3ccccc23)c2ccccn2)cc1. The molecule has 0 bridgehead atoms. The van der Waals surface area contributed by atoms with Crippen molar-refractivity contribution in [3.05, 3.63) is 102 Å². The Morgan fingerprint density at radius 3 is 2.45 bits per heavy atom. The molecule has 0 spiro atoms. The quantitative estimate of drug-likeness (QED) is 0.322. The van der Waals surface area contributed by atoms with E-state index in [-0.39, 0.29) is 5.91 Å². The molecule has 0 saturated heterocycles.